The van der Waals surface area contributed by atoms with Crippen molar-refractivity contribution in [1.29, 1.82) is 0 Å². The van der Waals surface area contributed by atoms with E-state index in [9.17, 15) is 10.1 Å². The summed E-state index contributed by atoms with van der Waals surface area (Å²) < 4.78 is 7.66. The minimum Gasteiger partial charge on any atom is -0.492 e. The third-order valence-electron chi connectivity index (χ3n) is 3.10. The maximum Gasteiger partial charge on any atom is 0.269 e. The van der Waals surface area contributed by atoms with Gasteiger partial charge in [-0.15, -0.1) is 0 Å². The van der Waals surface area contributed by atoms with Crippen molar-refractivity contribution in [2.75, 3.05) is 11.9 Å². The molecule has 0 radical (unpaired) electrons. The maximum absolute atomic E-state index is 10.7. The Labute approximate surface area is 151 Å². The fourth-order valence-electron chi connectivity index (χ4n) is 2.01. The zero-order valence-corrected chi connectivity index (χ0v) is 15.7. The van der Waals surface area contributed by atoms with Gasteiger partial charge in [0.05, 0.1) is 16.0 Å². The number of hydrogen-bond donors (Lipinski definition) is 1. The molecule has 0 aromatic heterocycles. The van der Waals surface area contributed by atoms with Gasteiger partial charge < -0.3 is 10.1 Å². The minimum absolute atomic E-state index is 0.0766. The molecule has 2 aromatic carbocycles. The first-order valence-electron chi connectivity index (χ1n) is 7.10. The molecule has 0 fully saturated rings. The summed E-state index contributed by atoms with van der Waals surface area (Å²) in [6.45, 7) is 3.25. The lowest BCUT2D eigenvalue weighted by Crippen LogP contribution is -2.05. The molecule has 0 aliphatic heterocycles. The number of benzene rings is 2. The maximum atomic E-state index is 10.7. The number of nitrogens with zero attached hydrogens (tertiary/aromatic N) is 1. The van der Waals surface area contributed by atoms with Crippen LogP contribution in [0.3, 0.4) is 0 Å². The second kappa shape index (κ2) is 8.31. The van der Waals surface area contributed by atoms with E-state index in [-0.39, 0.29) is 5.69 Å². The molecule has 1 N–H and O–H groups in total. The van der Waals surface area contributed by atoms with Crippen LogP contribution in [0.2, 0.25) is 0 Å². The molecule has 0 saturated carbocycles. The molecule has 0 amide bonds. The van der Waals surface area contributed by atoms with Gasteiger partial charge in [0.1, 0.15) is 5.75 Å². The summed E-state index contributed by atoms with van der Waals surface area (Å²) in [6, 6.07) is 10.3. The highest BCUT2D eigenvalue weighted by molar-refractivity contribution is 9.11. The van der Waals surface area contributed by atoms with Gasteiger partial charge in [0, 0.05) is 34.4 Å². The van der Waals surface area contributed by atoms with E-state index in [1.165, 1.54) is 12.1 Å². The third kappa shape index (κ3) is 4.94. The molecule has 0 unspecified atom stereocenters. The molecule has 2 rings (SSSR count). The summed E-state index contributed by atoms with van der Waals surface area (Å²) in [4.78, 5) is 10.3. The van der Waals surface area contributed by atoms with E-state index in [1.807, 2.05) is 12.1 Å². The smallest absolute Gasteiger partial charge is 0.269 e. The molecule has 0 atom stereocenters. The van der Waals surface area contributed by atoms with Gasteiger partial charge in [0.25, 0.3) is 5.69 Å². The monoisotopic (exact) mass is 442 g/mol. The van der Waals surface area contributed by atoms with Crippen LogP contribution in [0.4, 0.5) is 11.4 Å². The number of hydrogen-bond acceptors (Lipinski definition) is 4. The lowest BCUT2D eigenvalue weighted by atomic mass is 10.2. The molecular weight excluding hydrogens is 428 g/mol. The predicted molar refractivity (Wildman–Crippen MR) is 98.1 cm³/mol. The van der Waals surface area contributed by atoms with Crippen molar-refractivity contribution < 1.29 is 9.66 Å². The molecule has 2 aromatic rings. The van der Waals surface area contributed by atoms with Gasteiger partial charge >= 0.3 is 0 Å². The standard InChI is InChI=1S/C16H16Br2N2O3/c1-2-7-23-16-11(8-12(17)9-15(16)18)10-19-13-3-5-14(6-4-13)20(21)22/h3-6,8-9,19H,2,7,10H2,1H3. The summed E-state index contributed by atoms with van der Waals surface area (Å²) in [5.74, 6) is 0.810. The molecule has 0 aliphatic carbocycles. The second-order valence-corrected chi connectivity index (χ2v) is 6.65. The van der Waals surface area contributed by atoms with Crippen molar-refractivity contribution in [3.63, 3.8) is 0 Å². The normalized spacial score (nSPS) is 10.4. The van der Waals surface area contributed by atoms with Crippen LogP contribution in [-0.4, -0.2) is 11.5 Å². The number of nitrogens with one attached hydrogen (secondary N) is 1. The molecule has 0 saturated heterocycles. The van der Waals surface area contributed by atoms with Crippen LogP contribution in [0.5, 0.6) is 5.75 Å². The highest BCUT2D eigenvalue weighted by Gasteiger charge is 2.11. The van der Waals surface area contributed by atoms with Gasteiger partial charge in [0.2, 0.25) is 0 Å². The Morgan fingerprint density at radius 2 is 1.91 bits per heavy atom. The van der Waals surface area contributed by atoms with Crippen LogP contribution in [0.1, 0.15) is 18.9 Å². The summed E-state index contributed by atoms with van der Waals surface area (Å²) in [5.41, 5.74) is 1.89. The number of nitro groups is 1. The van der Waals surface area contributed by atoms with Crippen molar-refractivity contribution in [2.24, 2.45) is 0 Å². The number of halogens is 2. The van der Waals surface area contributed by atoms with Gasteiger partial charge in [-0.2, -0.15) is 0 Å². The highest BCUT2D eigenvalue weighted by atomic mass is 79.9. The van der Waals surface area contributed by atoms with Crippen molar-refractivity contribution >= 4 is 43.2 Å². The van der Waals surface area contributed by atoms with Crippen molar-refractivity contribution in [3.05, 3.63) is 61.0 Å². The molecular formula is C16H16Br2N2O3. The third-order valence-corrected chi connectivity index (χ3v) is 4.14. The van der Waals surface area contributed by atoms with Crippen molar-refractivity contribution in [2.45, 2.75) is 19.9 Å². The number of rotatable bonds is 7. The highest BCUT2D eigenvalue weighted by Crippen LogP contribution is 2.33. The first-order chi connectivity index (χ1) is 11.0. The molecule has 7 heteroatoms. The largest absolute Gasteiger partial charge is 0.492 e. The Hall–Kier alpha value is -1.60. The molecule has 23 heavy (non-hydrogen) atoms. The summed E-state index contributed by atoms with van der Waals surface area (Å²) >= 11 is 7.00. The van der Waals surface area contributed by atoms with E-state index in [4.69, 9.17) is 4.74 Å². The predicted octanol–water partition coefficient (Wildman–Crippen LogP) is 5.52. The average Bonchev–Trinajstić information content (AvgIpc) is 2.52. The lowest BCUT2D eigenvalue weighted by Gasteiger charge is -2.15. The van der Waals surface area contributed by atoms with Gasteiger partial charge in [-0.25, -0.2) is 0 Å². The molecule has 5 nitrogen and oxygen atoms in total. The van der Waals surface area contributed by atoms with Crippen LogP contribution in [0, 0.1) is 10.1 Å². The topological polar surface area (TPSA) is 64.4 Å². The lowest BCUT2D eigenvalue weighted by molar-refractivity contribution is -0.384. The van der Waals surface area contributed by atoms with Crippen LogP contribution in [0.15, 0.2) is 45.3 Å². The van der Waals surface area contributed by atoms with E-state index in [0.29, 0.717) is 13.2 Å². The molecule has 0 spiro atoms. The molecule has 0 heterocycles. The Balaban J connectivity index is 2.14. The zero-order valence-electron chi connectivity index (χ0n) is 12.5. The van der Waals surface area contributed by atoms with Gasteiger partial charge in [-0.1, -0.05) is 22.9 Å². The van der Waals surface area contributed by atoms with Crippen LogP contribution in [0.25, 0.3) is 0 Å². The van der Waals surface area contributed by atoms with E-state index >= 15 is 0 Å². The second-order valence-electron chi connectivity index (χ2n) is 4.88. The average molecular weight is 444 g/mol. The Morgan fingerprint density at radius 3 is 2.52 bits per heavy atom. The van der Waals surface area contributed by atoms with Crippen LogP contribution < -0.4 is 10.1 Å². The van der Waals surface area contributed by atoms with Gasteiger partial charge in [-0.05, 0) is 46.6 Å². The van der Waals surface area contributed by atoms with Crippen LogP contribution in [-0.2, 0) is 6.54 Å². The number of ether oxygens (including phenoxy) is 1. The minimum atomic E-state index is -0.411. The Morgan fingerprint density at radius 1 is 1.22 bits per heavy atom. The molecule has 0 aliphatic rings. The Kier molecular flexibility index (Phi) is 6.41. The number of anilines is 1. The quantitative estimate of drug-likeness (QED) is 0.451. The number of nitro benzene ring substituents is 1. The first kappa shape index (κ1) is 17.7. The van der Waals surface area contributed by atoms with E-state index in [0.717, 1.165) is 32.4 Å². The van der Waals surface area contributed by atoms with E-state index < -0.39 is 4.92 Å². The van der Waals surface area contributed by atoms with Gasteiger partial charge in [0.15, 0.2) is 0 Å². The Bertz CT molecular complexity index is 690. The summed E-state index contributed by atoms with van der Waals surface area (Å²) in [5, 5.41) is 13.9. The van der Waals surface area contributed by atoms with Crippen molar-refractivity contribution in [3.8, 4) is 5.75 Å². The fourth-order valence-corrected chi connectivity index (χ4v) is 3.44. The van der Waals surface area contributed by atoms with Crippen LogP contribution >= 0.6 is 31.9 Å². The SMILES string of the molecule is CCCOc1c(Br)cc(Br)cc1CNc1ccc([N+](=O)[O-])cc1. The summed E-state index contributed by atoms with van der Waals surface area (Å²) in [6.07, 6.45) is 0.928. The van der Waals surface area contributed by atoms with E-state index in [1.54, 1.807) is 12.1 Å². The zero-order chi connectivity index (χ0) is 16.8. The fraction of sp³-hybridized carbons (Fsp3) is 0.250. The first-order valence-corrected chi connectivity index (χ1v) is 8.69. The molecule has 0 bridgehead atoms. The van der Waals surface area contributed by atoms with Crippen molar-refractivity contribution in [1.82, 2.24) is 0 Å². The van der Waals surface area contributed by atoms with Gasteiger partial charge in [-0.3, -0.25) is 10.1 Å². The number of non-ortho nitro benzene ring substituents is 1. The summed E-state index contributed by atoms with van der Waals surface area (Å²) in [7, 11) is 0. The molecule has 122 valence electrons. The van der Waals surface area contributed by atoms with E-state index in [2.05, 4.69) is 44.1 Å².